The minimum absolute atomic E-state index is 0.00472. The van der Waals surface area contributed by atoms with Gasteiger partial charge in [0.25, 0.3) is 5.69 Å². The molecule has 17 heavy (non-hydrogen) atoms. The third-order valence-electron chi connectivity index (χ3n) is 2.19. The van der Waals surface area contributed by atoms with Crippen molar-refractivity contribution < 1.29 is 19.5 Å². The van der Waals surface area contributed by atoms with E-state index in [0.29, 0.717) is 18.1 Å². The number of ether oxygens (including phenoxy) is 2. The van der Waals surface area contributed by atoms with E-state index in [1.807, 2.05) is 6.92 Å². The summed E-state index contributed by atoms with van der Waals surface area (Å²) in [7, 11) is 1.42. The van der Waals surface area contributed by atoms with Crippen LogP contribution in [0.15, 0.2) is 18.2 Å². The first-order valence-corrected chi connectivity index (χ1v) is 5.14. The van der Waals surface area contributed by atoms with Crippen molar-refractivity contribution in [3.63, 3.8) is 0 Å². The number of benzene rings is 1. The van der Waals surface area contributed by atoms with E-state index in [-0.39, 0.29) is 18.2 Å². The molecule has 6 nitrogen and oxygen atoms in total. The third kappa shape index (κ3) is 3.60. The standard InChI is InChI=1S/C11H15NO5/c1-8(6-13)7-17-10-4-3-9(12(14)15)5-11(10)16-2/h3-5,8,13H,6-7H2,1-2H3. The third-order valence-corrected chi connectivity index (χ3v) is 2.19. The SMILES string of the molecule is COc1cc([N+](=O)[O-])ccc1OCC(C)CO. The van der Waals surface area contributed by atoms with E-state index in [1.165, 1.54) is 25.3 Å². The Labute approximate surface area is 98.9 Å². The van der Waals surface area contributed by atoms with Crippen molar-refractivity contribution in [1.29, 1.82) is 0 Å². The summed E-state index contributed by atoms with van der Waals surface area (Å²) in [5, 5.41) is 19.4. The maximum Gasteiger partial charge on any atom is 0.273 e. The Hall–Kier alpha value is -1.82. The predicted molar refractivity (Wildman–Crippen MR) is 61.4 cm³/mol. The molecule has 1 aromatic rings. The van der Waals surface area contributed by atoms with Crippen LogP contribution < -0.4 is 9.47 Å². The second kappa shape index (κ2) is 6.05. The minimum atomic E-state index is -0.497. The molecule has 0 aromatic heterocycles. The fourth-order valence-electron chi connectivity index (χ4n) is 1.17. The number of methoxy groups -OCH3 is 1. The van der Waals surface area contributed by atoms with Gasteiger partial charge in [-0.1, -0.05) is 6.92 Å². The average molecular weight is 241 g/mol. The van der Waals surface area contributed by atoms with Crippen molar-refractivity contribution in [2.24, 2.45) is 5.92 Å². The van der Waals surface area contributed by atoms with Crippen molar-refractivity contribution in [1.82, 2.24) is 0 Å². The number of aliphatic hydroxyl groups excluding tert-OH is 1. The first kappa shape index (κ1) is 13.2. The highest BCUT2D eigenvalue weighted by Crippen LogP contribution is 2.31. The largest absolute Gasteiger partial charge is 0.493 e. The van der Waals surface area contributed by atoms with Gasteiger partial charge in [0.2, 0.25) is 0 Å². The monoisotopic (exact) mass is 241 g/mol. The van der Waals surface area contributed by atoms with Crippen LogP contribution in [0.1, 0.15) is 6.92 Å². The van der Waals surface area contributed by atoms with Crippen LogP contribution in [0.2, 0.25) is 0 Å². The molecule has 0 saturated heterocycles. The van der Waals surface area contributed by atoms with Crippen LogP contribution in [-0.4, -0.2) is 30.4 Å². The van der Waals surface area contributed by atoms with E-state index in [2.05, 4.69) is 0 Å². The molecule has 0 amide bonds. The Balaban J connectivity index is 2.82. The molecule has 1 atom stereocenters. The fourth-order valence-corrected chi connectivity index (χ4v) is 1.17. The Morgan fingerprint density at radius 1 is 1.47 bits per heavy atom. The predicted octanol–water partition coefficient (Wildman–Crippen LogP) is 1.61. The van der Waals surface area contributed by atoms with Gasteiger partial charge >= 0.3 is 0 Å². The van der Waals surface area contributed by atoms with Crippen LogP contribution in [0.4, 0.5) is 5.69 Å². The maximum atomic E-state index is 10.6. The van der Waals surface area contributed by atoms with E-state index >= 15 is 0 Å². The van der Waals surface area contributed by atoms with Crippen molar-refractivity contribution in [2.45, 2.75) is 6.92 Å². The number of nitro groups is 1. The molecule has 6 heteroatoms. The topological polar surface area (TPSA) is 81.8 Å². The van der Waals surface area contributed by atoms with Gasteiger partial charge in [0.05, 0.1) is 24.7 Å². The molecule has 1 N–H and O–H groups in total. The summed E-state index contributed by atoms with van der Waals surface area (Å²) in [6.07, 6.45) is 0. The second-order valence-electron chi connectivity index (χ2n) is 3.69. The summed E-state index contributed by atoms with van der Waals surface area (Å²) in [4.78, 5) is 10.1. The molecule has 0 radical (unpaired) electrons. The van der Waals surface area contributed by atoms with Gasteiger partial charge in [-0.05, 0) is 6.07 Å². The lowest BCUT2D eigenvalue weighted by Gasteiger charge is -2.13. The number of nitro benzene ring substituents is 1. The van der Waals surface area contributed by atoms with Crippen molar-refractivity contribution in [3.8, 4) is 11.5 Å². The Bertz CT molecular complexity index is 393. The van der Waals surface area contributed by atoms with Gasteiger partial charge in [0.1, 0.15) is 0 Å². The smallest absolute Gasteiger partial charge is 0.273 e. The van der Waals surface area contributed by atoms with Crippen LogP contribution in [0, 0.1) is 16.0 Å². The van der Waals surface area contributed by atoms with Crippen LogP contribution >= 0.6 is 0 Å². The lowest BCUT2D eigenvalue weighted by atomic mass is 10.2. The molecule has 0 heterocycles. The van der Waals surface area contributed by atoms with Crippen molar-refractivity contribution in [2.75, 3.05) is 20.3 Å². The quantitative estimate of drug-likeness (QED) is 0.604. The number of aliphatic hydroxyl groups is 1. The van der Waals surface area contributed by atoms with Crippen LogP contribution in [0.3, 0.4) is 0 Å². The Morgan fingerprint density at radius 3 is 2.71 bits per heavy atom. The fraction of sp³-hybridized carbons (Fsp3) is 0.455. The minimum Gasteiger partial charge on any atom is -0.493 e. The molecular weight excluding hydrogens is 226 g/mol. The zero-order valence-electron chi connectivity index (χ0n) is 9.75. The molecule has 0 aliphatic carbocycles. The molecule has 0 bridgehead atoms. The summed E-state index contributed by atoms with van der Waals surface area (Å²) < 4.78 is 10.4. The molecule has 94 valence electrons. The summed E-state index contributed by atoms with van der Waals surface area (Å²) >= 11 is 0. The number of rotatable bonds is 6. The highest BCUT2D eigenvalue weighted by Gasteiger charge is 2.13. The molecule has 0 aliphatic heterocycles. The van der Waals surface area contributed by atoms with Gasteiger partial charge in [-0.25, -0.2) is 0 Å². The molecule has 1 unspecified atom stereocenters. The van der Waals surface area contributed by atoms with Gasteiger partial charge in [-0.15, -0.1) is 0 Å². The van der Waals surface area contributed by atoms with E-state index in [9.17, 15) is 10.1 Å². The normalized spacial score (nSPS) is 11.9. The summed E-state index contributed by atoms with van der Waals surface area (Å²) in [5.74, 6) is 0.734. The van der Waals surface area contributed by atoms with Crippen molar-refractivity contribution >= 4 is 5.69 Å². The van der Waals surface area contributed by atoms with E-state index in [1.54, 1.807) is 0 Å². The molecular formula is C11H15NO5. The highest BCUT2D eigenvalue weighted by atomic mass is 16.6. The molecule has 1 rings (SSSR count). The summed E-state index contributed by atoms with van der Waals surface area (Å²) in [6, 6.07) is 4.14. The summed E-state index contributed by atoms with van der Waals surface area (Å²) in [5.41, 5.74) is -0.0515. The molecule has 1 aromatic carbocycles. The van der Waals surface area contributed by atoms with Gasteiger partial charge in [0, 0.05) is 18.6 Å². The van der Waals surface area contributed by atoms with Gasteiger partial charge < -0.3 is 14.6 Å². The highest BCUT2D eigenvalue weighted by molar-refractivity contribution is 5.48. The Morgan fingerprint density at radius 2 is 2.18 bits per heavy atom. The van der Waals surface area contributed by atoms with Crippen LogP contribution in [0.5, 0.6) is 11.5 Å². The first-order valence-electron chi connectivity index (χ1n) is 5.14. The number of hydrogen-bond donors (Lipinski definition) is 1. The number of non-ortho nitro benzene ring substituents is 1. The molecule has 0 saturated carbocycles. The average Bonchev–Trinajstić information content (AvgIpc) is 2.35. The number of nitrogens with zero attached hydrogens (tertiary/aromatic N) is 1. The first-order chi connectivity index (χ1) is 8.08. The van der Waals surface area contributed by atoms with E-state index in [0.717, 1.165) is 0 Å². The van der Waals surface area contributed by atoms with Gasteiger partial charge in [-0.3, -0.25) is 10.1 Å². The second-order valence-corrected chi connectivity index (χ2v) is 3.69. The van der Waals surface area contributed by atoms with Crippen LogP contribution in [-0.2, 0) is 0 Å². The molecule has 0 spiro atoms. The van der Waals surface area contributed by atoms with Crippen LogP contribution in [0.25, 0.3) is 0 Å². The van der Waals surface area contributed by atoms with Gasteiger partial charge in [-0.2, -0.15) is 0 Å². The summed E-state index contributed by atoms with van der Waals surface area (Å²) in [6.45, 7) is 2.18. The number of hydrogen-bond acceptors (Lipinski definition) is 5. The maximum absolute atomic E-state index is 10.6. The van der Waals surface area contributed by atoms with E-state index < -0.39 is 4.92 Å². The van der Waals surface area contributed by atoms with E-state index in [4.69, 9.17) is 14.6 Å². The Kier molecular flexibility index (Phi) is 4.71. The lowest BCUT2D eigenvalue weighted by molar-refractivity contribution is -0.385. The molecule has 0 fully saturated rings. The zero-order chi connectivity index (χ0) is 12.8. The zero-order valence-corrected chi connectivity index (χ0v) is 9.75. The lowest BCUT2D eigenvalue weighted by Crippen LogP contribution is -2.12. The van der Waals surface area contributed by atoms with Crippen molar-refractivity contribution in [3.05, 3.63) is 28.3 Å². The van der Waals surface area contributed by atoms with Gasteiger partial charge in [0.15, 0.2) is 11.5 Å². The molecule has 0 aliphatic rings.